The number of hydrogen-bond donors (Lipinski definition) is 1. The number of halogens is 1. The van der Waals surface area contributed by atoms with Gasteiger partial charge in [0.25, 0.3) is 0 Å². The minimum atomic E-state index is 0.0937. The van der Waals surface area contributed by atoms with Gasteiger partial charge >= 0.3 is 0 Å². The van der Waals surface area contributed by atoms with Gasteiger partial charge in [-0.1, -0.05) is 35.4 Å². The topological polar surface area (TPSA) is 21.3 Å². The summed E-state index contributed by atoms with van der Waals surface area (Å²) in [6, 6.07) is 10.7. The number of benzene rings is 2. The van der Waals surface area contributed by atoms with Crippen molar-refractivity contribution >= 4 is 11.6 Å². The Morgan fingerprint density at radius 3 is 2.67 bits per heavy atom. The summed E-state index contributed by atoms with van der Waals surface area (Å²) in [7, 11) is 1.98. The summed E-state index contributed by atoms with van der Waals surface area (Å²) in [5.74, 6) is 0.999. The molecule has 0 aromatic heterocycles. The molecule has 1 unspecified atom stereocenters. The molecule has 0 fully saturated rings. The molecule has 0 saturated heterocycles. The van der Waals surface area contributed by atoms with Gasteiger partial charge in [-0.2, -0.15) is 0 Å². The largest absolute Gasteiger partial charge is 0.493 e. The third-order valence-corrected chi connectivity index (χ3v) is 4.33. The van der Waals surface area contributed by atoms with E-state index in [0.29, 0.717) is 0 Å². The van der Waals surface area contributed by atoms with E-state index in [1.165, 1.54) is 22.3 Å². The van der Waals surface area contributed by atoms with Crippen LogP contribution in [-0.4, -0.2) is 13.7 Å². The molecule has 3 rings (SSSR count). The second-order valence-electron chi connectivity index (χ2n) is 5.66. The van der Waals surface area contributed by atoms with Gasteiger partial charge in [-0.25, -0.2) is 0 Å². The Morgan fingerprint density at radius 2 is 1.95 bits per heavy atom. The van der Waals surface area contributed by atoms with Gasteiger partial charge in [-0.05, 0) is 49.7 Å². The van der Waals surface area contributed by atoms with E-state index in [2.05, 4.69) is 37.4 Å². The van der Waals surface area contributed by atoms with Crippen LogP contribution >= 0.6 is 11.6 Å². The first kappa shape index (κ1) is 14.4. The lowest BCUT2D eigenvalue weighted by Crippen LogP contribution is -2.19. The molecule has 0 amide bonds. The molecule has 2 aromatic rings. The van der Waals surface area contributed by atoms with Crippen LogP contribution in [0.5, 0.6) is 5.75 Å². The lowest BCUT2D eigenvalue weighted by Gasteiger charge is -2.22. The minimum absolute atomic E-state index is 0.0937. The van der Waals surface area contributed by atoms with Crippen molar-refractivity contribution in [3.05, 3.63) is 63.2 Å². The standard InChI is InChI=1S/C18H20ClNO/c1-11-4-5-15(12(2)8-11)17(20-3)16-10-14(19)9-13-6-7-21-18(13)16/h4-5,8-10,17,20H,6-7H2,1-3H3. The van der Waals surface area contributed by atoms with Crippen molar-refractivity contribution in [3.8, 4) is 5.75 Å². The van der Waals surface area contributed by atoms with E-state index in [-0.39, 0.29) is 6.04 Å². The van der Waals surface area contributed by atoms with Crippen molar-refractivity contribution in [1.82, 2.24) is 5.32 Å². The van der Waals surface area contributed by atoms with Gasteiger partial charge in [0, 0.05) is 17.0 Å². The second kappa shape index (κ2) is 5.70. The van der Waals surface area contributed by atoms with E-state index in [1.54, 1.807) is 0 Å². The molecule has 2 aromatic carbocycles. The zero-order valence-corrected chi connectivity index (χ0v) is 13.4. The summed E-state index contributed by atoms with van der Waals surface area (Å²) in [6.45, 7) is 5.01. The van der Waals surface area contributed by atoms with Gasteiger partial charge in [0.1, 0.15) is 5.75 Å². The van der Waals surface area contributed by atoms with Gasteiger partial charge in [0.2, 0.25) is 0 Å². The third kappa shape index (κ3) is 2.66. The Bertz CT molecular complexity index is 681. The van der Waals surface area contributed by atoms with Crippen LogP contribution in [0.3, 0.4) is 0 Å². The van der Waals surface area contributed by atoms with Gasteiger partial charge in [0.15, 0.2) is 0 Å². The summed E-state index contributed by atoms with van der Waals surface area (Å²) in [5, 5.41) is 4.19. The monoisotopic (exact) mass is 301 g/mol. The fourth-order valence-corrected chi connectivity index (χ4v) is 3.39. The summed E-state index contributed by atoms with van der Waals surface area (Å²) in [4.78, 5) is 0. The van der Waals surface area contributed by atoms with E-state index >= 15 is 0 Å². The van der Waals surface area contributed by atoms with E-state index in [9.17, 15) is 0 Å². The van der Waals surface area contributed by atoms with Crippen LogP contribution < -0.4 is 10.1 Å². The quantitative estimate of drug-likeness (QED) is 0.917. The van der Waals surface area contributed by atoms with E-state index in [1.807, 2.05) is 19.2 Å². The fraction of sp³-hybridized carbons (Fsp3) is 0.333. The van der Waals surface area contributed by atoms with Gasteiger partial charge < -0.3 is 10.1 Å². The van der Waals surface area contributed by atoms with Crippen molar-refractivity contribution in [2.24, 2.45) is 0 Å². The molecule has 1 atom stereocenters. The van der Waals surface area contributed by atoms with Gasteiger partial charge in [0.05, 0.1) is 12.6 Å². The number of rotatable bonds is 3. The highest BCUT2D eigenvalue weighted by Gasteiger charge is 2.24. The summed E-state index contributed by atoms with van der Waals surface area (Å²) in [6.07, 6.45) is 0.937. The average Bonchev–Trinajstić information content (AvgIpc) is 2.89. The smallest absolute Gasteiger partial charge is 0.127 e. The van der Waals surface area contributed by atoms with Crippen LogP contribution in [-0.2, 0) is 6.42 Å². The molecule has 0 saturated carbocycles. The molecule has 1 aliphatic heterocycles. The summed E-state index contributed by atoms with van der Waals surface area (Å²) < 4.78 is 5.85. The molecule has 2 nitrogen and oxygen atoms in total. The molecule has 0 bridgehead atoms. The number of ether oxygens (including phenoxy) is 1. The predicted octanol–water partition coefficient (Wildman–Crippen LogP) is 4.20. The normalized spacial score (nSPS) is 14.7. The maximum Gasteiger partial charge on any atom is 0.127 e. The molecule has 0 spiro atoms. The first-order chi connectivity index (χ1) is 10.1. The Morgan fingerprint density at radius 1 is 1.14 bits per heavy atom. The van der Waals surface area contributed by atoms with Crippen LogP contribution in [0.15, 0.2) is 30.3 Å². The molecule has 1 N–H and O–H groups in total. The van der Waals surface area contributed by atoms with Gasteiger partial charge in [-0.3, -0.25) is 0 Å². The zero-order valence-electron chi connectivity index (χ0n) is 12.7. The molecule has 1 aliphatic rings. The Labute approximate surface area is 131 Å². The van der Waals surface area contributed by atoms with Crippen LogP contribution in [0.25, 0.3) is 0 Å². The second-order valence-corrected chi connectivity index (χ2v) is 6.10. The highest BCUT2D eigenvalue weighted by Crippen LogP contribution is 2.39. The molecule has 1 heterocycles. The van der Waals surface area contributed by atoms with Crippen molar-refractivity contribution in [2.45, 2.75) is 26.3 Å². The zero-order chi connectivity index (χ0) is 15.0. The van der Waals surface area contributed by atoms with E-state index in [0.717, 1.165) is 29.4 Å². The lowest BCUT2D eigenvalue weighted by molar-refractivity contribution is 0.351. The van der Waals surface area contributed by atoms with Crippen LogP contribution in [0.2, 0.25) is 5.02 Å². The first-order valence-electron chi connectivity index (χ1n) is 7.29. The number of fused-ring (bicyclic) bond motifs is 1. The first-order valence-corrected chi connectivity index (χ1v) is 7.67. The van der Waals surface area contributed by atoms with Crippen molar-refractivity contribution in [3.63, 3.8) is 0 Å². The molecule has 21 heavy (non-hydrogen) atoms. The van der Waals surface area contributed by atoms with Crippen molar-refractivity contribution in [1.29, 1.82) is 0 Å². The number of nitrogens with one attached hydrogen (secondary N) is 1. The molecule has 110 valence electrons. The Kier molecular flexibility index (Phi) is 3.92. The minimum Gasteiger partial charge on any atom is -0.493 e. The van der Waals surface area contributed by atoms with Crippen molar-refractivity contribution in [2.75, 3.05) is 13.7 Å². The van der Waals surface area contributed by atoms with Gasteiger partial charge in [-0.15, -0.1) is 0 Å². The van der Waals surface area contributed by atoms with Crippen LogP contribution in [0, 0.1) is 13.8 Å². The SMILES string of the molecule is CNC(c1ccc(C)cc1C)c1cc(Cl)cc2c1OCC2. The Hall–Kier alpha value is -1.51. The molecule has 0 radical (unpaired) electrons. The predicted molar refractivity (Wildman–Crippen MR) is 87.5 cm³/mol. The fourth-order valence-electron chi connectivity index (χ4n) is 3.14. The lowest BCUT2D eigenvalue weighted by atomic mass is 9.92. The Balaban J connectivity index is 2.13. The summed E-state index contributed by atoms with van der Waals surface area (Å²) in [5.41, 5.74) is 6.16. The number of aryl methyl sites for hydroxylation is 2. The van der Waals surface area contributed by atoms with E-state index < -0.39 is 0 Å². The van der Waals surface area contributed by atoms with Crippen LogP contribution in [0.4, 0.5) is 0 Å². The third-order valence-electron chi connectivity index (χ3n) is 4.11. The maximum absolute atomic E-state index is 6.30. The molecule has 0 aliphatic carbocycles. The molecule has 3 heteroatoms. The molecular weight excluding hydrogens is 282 g/mol. The highest BCUT2D eigenvalue weighted by atomic mass is 35.5. The average molecular weight is 302 g/mol. The highest BCUT2D eigenvalue weighted by molar-refractivity contribution is 6.30. The van der Waals surface area contributed by atoms with Crippen molar-refractivity contribution < 1.29 is 4.74 Å². The van der Waals surface area contributed by atoms with E-state index in [4.69, 9.17) is 16.3 Å². The number of hydrogen-bond acceptors (Lipinski definition) is 2. The van der Waals surface area contributed by atoms with Crippen LogP contribution in [0.1, 0.15) is 33.9 Å². The molecular formula is C18H20ClNO. The maximum atomic E-state index is 6.30. The summed E-state index contributed by atoms with van der Waals surface area (Å²) >= 11 is 6.30.